The van der Waals surface area contributed by atoms with Gasteiger partial charge in [-0.2, -0.15) is 4.98 Å². The van der Waals surface area contributed by atoms with E-state index in [1.54, 1.807) is 13.3 Å². The van der Waals surface area contributed by atoms with Gasteiger partial charge >= 0.3 is 0 Å². The number of methoxy groups -OCH3 is 1. The van der Waals surface area contributed by atoms with E-state index in [4.69, 9.17) is 4.74 Å². The standard InChI is InChI=1S/C14H15N5O/c1-10-4-3-5-12-17-14(18-19(10)12)16-9-11-6-7-15-13(8-11)20-2/h3-8H,9H2,1-2H3,(H,16,18). The van der Waals surface area contributed by atoms with Gasteiger partial charge in [0.15, 0.2) is 5.65 Å². The number of hydrogen-bond acceptors (Lipinski definition) is 5. The Morgan fingerprint density at radius 1 is 1.30 bits per heavy atom. The first-order valence-electron chi connectivity index (χ1n) is 6.31. The van der Waals surface area contributed by atoms with Gasteiger partial charge in [0.1, 0.15) is 0 Å². The van der Waals surface area contributed by atoms with Crippen LogP contribution in [0, 0.1) is 6.92 Å². The SMILES string of the molecule is COc1cc(CNc2nc3cccc(C)n3n2)ccn1. The van der Waals surface area contributed by atoms with Gasteiger partial charge in [-0.1, -0.05) is 6.07 Å². The van der Waals surface area contributed by atoms with Crippen molar-refractivity contribution in [2.45, 2.75) is 13.5 Å². The van der Waals surface area contributed by atoms with E-state index in [2.05, 4.69) is 20.4 Å². The Hall–Kier alpha value is -2.63. The molecule has 0 aliphatic rings. The Kier molecular flexibility index (Phi) is 3.20. The normalized spacial score (nSPS) is 10.7. The highest BCUT2D eigenvalue weighted by atomic mass is 16.5. The summed E-state index contributed by atoms with van der Waals surface area (Å²) in [5.74, 6) is 1.21. The topological polar surface area (TPSA) is 64.3 Å². The van der Waals surface area contributed by atoms with E-state index in [9.17, 15) is 0 Å². The zero-order valence-corrected chi connectivity index (χ0v) is 11.4. The van der Waals surface area contributed by atoms with Crippen molar-refractivity contribution in [2.24, 2.45) is 0 Å². The number of fused-ring (bicyclic) bond motifs is 1. The lowest BCUT2D eigenvalue weighted by molar-refractivity contribution is 0.397. The monoisotopic (exact) mass is 269 g/mol. The van der Waals surface area contributed by atoms with Gasteiger partial charge in [0.2, 0.25) is 11.8 Å². The molecular formula is C14H15N5O. The van der Waals surface area contributed by atoms with Crippen LogP contribution in [0.25, 0.3) is 5.65 Å². The largest absolute Gasteiger partial charge is 0.481 e. The average molecular weight is 269 g/mol. The maximum atomic E-state index is 5.10. The lowest BCUT2D eigenvalue weighted by Gasteiger charge is -2.03. The molecule has 0 saturated carbocycles. The van der Waals surface area contributed by atoms with Crippen LogP contribution in [0.15, 0.2) is 36.5 Å². The molecule has 102 valence electrons. The fraction of sp³-hybridized carbons (Fsp3) is 0.214. The molecule has 3 heterocycles. The maximum Gasteiger partial charge on any atom is 0.243 e. The fourth-order valence-corrected chi connectivity index (χ4v) is 1.96. The van der Waals surface area contributed by atoms with Crippen molar-refractivity contribution in [1.29, 1.82) is 0 Å². The summed E-state index contributed by atoms with van der Waals surface area (Å²) in [6.45, 7) is 2.62. The van der Waals surface area contributed by atoms with Crippen molar-refractivity contribution >= 4 is 11.6 Å². The molecule has 0 aliphatic carbocycles. The molecule has 0 fully saturated rings. The van der Waals surface area contributed by atoms with Gasteiger partial charge in [-0.15, -0.1) is 5.10 Å². The molecule has 3 aromatic rings. The summed E-state index contributed by atoms with van der Waals surface area (Å²) in [5.41, 5.74) is 2.95. The van der Waals surface area contributed by atoms with E-state index in [0.717, 1.165) is 16.9 Å². The van der Waals surface area contributed by atoms with Crippen molar-refractivity contribution in [3.63, 3.8) is 0 Å². The van der Waals surface area contributed by atoms with Crippen molar-refractivity contribution < 1.29 is 4.74 Å². The highest BCUT2D eigenvalue weighted by molar-refractivity contribution is 5.44. The molecule has 0 radical (unpaired) electrons. The Balaban J connectivity index is 1.78. The molecule has 0 amide bonds. The van der Waals surface area contributed by atoms with Crippen LogP contribution in [0.4, 0.5) is 5.95 Å². The number of aryl methyl sites for hydroxylation is 1. The van der Waals surface area contributed by atoms with Crippen LogP contribution in [0.5, 0.6) is 5.88 Å². The molecule has 0 spiro atoms. The number of anilines is 1. The summed E-state index contributed by atoms with van der Waals surface area (Å²) in [7, 11) is 1.60. The van der Waals surface area contributed by atoms with Gasteiger partial charge in [0.25, 0.3) is 0 Å². The van der Waals surface area contributed by atoms with Crippen molar-refractivity contribution in [3.8, 4) is 5.88 Å². The minimum atomic E-state index is 0.600. The molecule has 0 atom stereocenters. The minimum Gasteiger partial charge on any atom is -0.481 e. The van der Waals surface area contributed by atoms with Crippen LogP contribution in [0.1, 0.15) is 11.3 Å². The molecule has 1 N–H and O–H groups in total. The predicted molar refractivity (Wildman–Crippen MR) is 75.8 cm³/mol. The molecule has 6 heteroatoms. The molecule has 3 rings (SSSR count). The number of nitrogens with zero attached hydrogens (tertiary/aromatic N) is 4. The van der Waals surface area contributed by atoms with Crippen LogP contribution in [-0.4, -0.2) is 26.7 Å². The zero-order chi connectivity index (χ0) is 13.9. The molecule has 0 aromatic carbocycles. The Bertz CT molecular complexity index is 737. The van der Waals surface area contributed by atoms with Gasteiger partial charge in [-0.3, -0.25) is 0 Å². The van der Waals surface area contributed by atoms with Gasteiger partial charge in [-0.05, 0) is 30.7 Å². The third-order valence-electron chi connectivity index (χ3n) is 3.01. The van der Waals surface area contributed by atoms with Crippen LogP contribution in [0.2, 0.25) is 0 Å². The molecule has 3 aromatic heterocycles. The predicted octanol–water partition coefficient (Wildman–Crippen LogP) is 2.05. The number of rotatable bonds is 4. The van der Waals surface area contributed by atoms with Crippen LogP contribution < -0.4 is 10.1 Å². The third kappa shape index (κ3) is 2.40. The summed E-state index contributed by atoms with van der Waals surface area (Å²) in [6.07, 6.45) is 1.72. The summed E-state index contributed by atoms with van der Waals surface area (Å²) < 4.78 is 6.91. The number of ether oxygens (including phenoxy) is 1. The third-order valence-corrected chi connectivity index (χ3v) is 3.01. The van der Waals surface area contributed by atoms with Gasteiger partial charge < -0.3 is 10.1 Å². The summed E-state index contributed by atoms with van der Waals surface area (Å²) >= 11 is 0. The molecule has 20 heavy (non-hydrogen) atoms. The molecule has 0 aliphatic heterocycles. The second kappa shape index (κ2) is 5.16. The molecule has 6 nitrogen and oxygen atoms in total. The minimum absolute atomic E-state index is 0.600. The highest BCUT2D eigenvalue weighted by Crippen LogP contribution is 2.12. The Labute approximate surface area is 116 Å². The number of nitrogens with one attached hydrogen (secondary N) is 1. The molecule has 0 unspecified atom stereocenters. The van der Waals surface area contributed by atoms with E-state index in [1.165, 1.54) is 0 Å². The molecule has 0 bridgehead atoms. The number of aromatic nitrogens is 4. The van der Waals surface area contributed by atoms with Crippen molar-refractivity contribution in [3.05, 3.63) is 47.8 Å². The van der Waals surface area contributed by atoms with E-state index in [1.807, 2.05) is 41.8 Å². The van der Waals surface area contributed by atoms with Gasteiger partial charge in [0.05, 0.1) is 7.11 Å². The Morgan fingerprint density at radius 3 is 3.00 bits per heavy atom. The number of hydrogen-bond donors (Lipinski definition) is 1. The first-order chi connectivity index (χ1) is 9.76. The fourth-order valence-electron chi connectivity index (χ4n) is 1.96. The first kappa shape index (κ1) is 12.4. The summed E-state index contributed by atoms with van der Waals surface area (Å²) in [5, 5.41) is 7.62. The maximum absolute atomic E-state index is 5.10. The van der Waals surface area contributed by atoms with Gasteiger partial charge in [-0.25, -0.2) is 9.50 Å². The first-order valence-corrected chi connectivity index (χ1v) is 6.31. The van der Waals surface area contributed by atoms with E-state index < -0.39 is 0 Å². The smallest absolute Gasteiger partial charge is 0.243 e. The quantitative estimate of drug-likeness (QED) is 0.785. The number of pyridine rings is 2. The van der Waals surface area contributed by atoms with E-state index in [-0.39, 0.29) is 0 Å². The van der Waals surface area contributed by atoms with Crippen molar-refractivity contribution in [2.75, 3.05) is 12.4 Å². The van der Waals surface area contributed by atoms with Gasteiger partial charge in [0, 0.05) is 24.5 Å². The second-order valence-corrected chi connectivity index (χ2v) is 4.43. The van der Waals surface area contributed by atoms with E-state index in [0.29, 0.717) is 18.4 Å². The summed E-state index contributed by atoms with van der Waals surface area (Å²) in [4.78, 5) is 8.50. The Morgan fingerprint density at radius 2 is 2.20 bits per heavy atom. The summed E-state index contributed by atoms with van der Waals surface area (Å²) in [6, 6.07) is 9.71. The molecule has 0 saturated heterocycles. The lowest BCUT2D eigenvalue weighted by atomic mass is 10.2. The lowest BCUT2D eigenvalue weighted by Crippen LogP contribution is -2.02. The second-order valence-electron chi connectivity index (χ2n) is 4.43. The van der Waals surface area contributed by atoms with E-state index >= 15 is 0 Å². The average Bonchev–Trinajstić information content (AvgIpc) is 2.90. The highest BCUT2D eigenvalue weighted by Gasteiger charge is 2.04. The molecular weight excluding hydrogens is 254 g/mol. The zero-order valence-electron chi connectivity index (χ0n) is 11.4. The van der Waals surface area contributed by atoms with Crippen LogP contribution in [-0.2, 0) is 6.54 Å². The van der Waals surface area contributed by atoms with Crippen LogP contribution in [0.3, 0.4) is 0 Å². The van der Waals surface area contributed by atoms with Crippen LogP contribution >= 0.6 is 0 Å². The van der Waals surface area contributed by atoms with Crippen molar-refractivity contribution in [1.82, 2.24) is 19.6 Å².